The summed E-state index contributed by atoms with van der Waals surface area (Å²) in [7, 11) is -2.22. The zero-order valence-electron chi connectivity index (χ0n) is 20.2. The minimum Gasteiger partial charge on any atom is -0.383 e. The van der Waals surface area contributed by atoms with Gasteiger partial charge in [-0.15, -0.1) is 0 Å². The molecule has 0 radical (unpaired) electrons. The van der Waals surface area contributed by atoms with Gasteiger partial charge < -0.3 is 18.9 Å². The Hall–Kier alpha value is -3.08. The number of hydrogen-bond donors (Lipinski definition) is 0. The predicted octanol–water partition coefficient (Wildman–Crippen LogP) is 3.46. The van der Waals surface area contributed by atoms with Crippen LogP contribution in [0.4, 0.5) is 4.39 Å². The lowest BCUT2D eigenvalue weighted by molar-refractivity contribution is 0.0500. The van der Waals surface area contributed by atoms with E-state index in [0.717, 1.165) is 12.8 Å². The Morgan fingerprint density at radius 2 is 1.94 bits per heavy atom. The Morgan fingerprint density at radius 3 is 2.61 bits per heavy atom. The maximum absolute atomic E-state index is 13.4. The number of hydrogen-bond acceptors (Lipinski definition) is 6. The standard InChI is InChI=1S/C26H30FN3O5S/c1-34-15-13-30-23(16-28-26(30)36(32,33)19-20-6-3-2-4-7-20)17-29(18-24-8-5-14-35-24)25(31)21-9-11-22(27)12-10-21/h2-4,6-7,9-12,16,24H,5,8,13-15,17-19H2,1H3. The van der Waals surface area contributed by atoms with Gasteiger partial charge in [-0.3, -0.25) is 4.79 Å². The van der Waals surface area contributed by atoms with Crippen molar-refractivity contribution in [3.63, 3.8) is 0 Å². The van der Waals surface area contributed by atoms with Crippen LogP contribution in [0.2, 0.25) is 0 Å². The smallest absolute Gasteiger partial charge is 0.254 e. The zero-order chi connectivity index (χ0) is 25.5. The molecule has 1 fully saturated rings. The molecule has 0 saturated carbocycles. The molecule has 0 bridgehead atoms. The number of amides is 1. The third kappa shape index (κ3) is 6.37. The Kier molecular flexibility index (Phi) is 8.50. The number of halogens is 1. The molecule has 8 nitrogen and oxygen atoms in total. The van der Waals surface area contributed by atoms with Crippen molar-refractivity contribution in [3.8, 4) is 0 Å². The molecule has 1 amide bonds. The van der Waals surface area contributed by atoms with Crippen LogP contribution in [0.5, 0.6) is 0 Å². The van der Waals surface area contributed by atoms with Gasteiger partial charge in [0.25, 0.3) is 5.91 Å². The van der Waals surface area contributed by atoms with Crippen LogP contribution >= 0.6 is 0 Å². The van der Waals surface area contributed by atoms with Gasteiger partial charge in [-0.25, -0.2) is 17.8 Å². The average molecular weight is 516 g/mol. The van der Waals surface area contributed by atoms with Crippen LogP contribution in [0, 0.1) is 5.82 Å². The molecule has 1 aromatic heterocycles. The van der Waals surface area contributed by atoms with Gasteiger partial charge in [0.2, 0.25) is 15.0 Å². The van der Waals surface area contributed by atoms with E-state index in [1.807, 2.05) is 6.07 Å². The molecule has 10 heteroatoms. The summed E-state index contributed by atoms with van der Waals surface area (Å²) in [6.07, 6.45) is 3.11. The van der Waals surface area contributed by atoms with Crippen molar-refractivity contribution < 1.29 is 27.1 Å². The van der Waals surface area contributed by atoms with Crippen molar-refractivity contribution in [1.82, 2.24) is 14.5 Å². The molecule has 0 N–H and O–H groups in total. The minimum absolute atomic E-state index is 0.0651. The van der Waals surface area contributed by atoms with Crippen LogP contribution < -0.4 is 0 Å². The first-order chi connectivity index (χ1) is 17.4. The molecular formula is C26H30FN3O5S. The van der Waals surface area contributed by atoms with Gasteiger partial charge in [0, 0.05) is 32.4 Å². The van der Waals surface area contributed by atoms with Crippen LogP contribution in [0.3, 0.4) is 0 Å². The van der Waals surface area contributed by atoms with Crippen LogP contribution in [-0.4, -0.2) is 61.7 Å². The summed E-state index contributed by atoms with van der Waals surface area (Å²) >= 11 is 0. The molecule has 1 unspecified atom stereocenters. The third-order valence-electron chi connectivity index (χ3n) is 6.08. The predicted molar refractivity (Wildman–Crippen MR) is 132 cm³/mol. The van der Waals surface area contributed by atoms with E-state index < -0.39 is 15.7 Å². The molecule has 4 rings (SSSR count). The second-order valence-electron chi connectivity index (χ2n) is 8.75. The van der Waals surface area contributed by atoms with Crippen molar-refractivity contribution in [2.75, 3.05) is 26.9 Å². The summed E-state index contributed by atoms with van der Waals surface area (Å²) in [5, 5.41) is -0.0651. The van der Waals surface area contributed by atoms with E-state index in [0.29, 0.717) is 30.0 Å². The molecule has 2 aromatic carbocycles. The molecule has 1 aliphatic heterocycles. The van der Waals surface area contributed by atoms with Crippen molar-refractivity contribution >= 4 is 15.7 Å². The molecule has 1 atom stereocenters. The van der Waals surface area contributed by atoms with Crippen LogP contribution in [0.25, 0.3) is 0 Å². The first kappa shape index (κ1) is 26.0. The van der Waals surface area contributed by atoms with Gasteiger partial charge in [-0.2, -0.15) is 0 Å². The van der Waals surface area contributed by atoms with E-state index in [-0.39, 0.29) is 42.6 Å². The molecule has 1 saturated heterocycles. The van der Waals surface area contributed by atoms with Gasteiger partial charge in [-0.1, -0.05) is 30.3 Å². The number of nitrogens with zero attached hydrogens (tertiary/aromatic N) is 3. The van der Waals surface area contributed by atoms with E-state index in [1.165, 1.54) is 37.6 Å². The lowest BCUT2D eigenvalue weighted by Gasteiger charge is -2.26. The number of sulfone groups is 1. The lowest BCUT2D eigenvalue weighted by Crippen LogP contribution is -2.37. The summed E-state index contributed by atoms with van der Waals surface area (Å²) < 4.78 is 52.6. The number of carbonyl (C=O) groups excluding carboxylic acids is 1. The Morgan fingerprint density at radius 1 is 1.19 bits per heavy atom. The van der Waals surface area contributed by atoms with Crippen LogP contribution in [-0.2, 0) is 38.2 Å². The van der Waals surface area contributed by atoms with Gasteiger partial charge in [0.1, 0.15) is 5.82 Å². The molecule has 3 aromatic rings. The van der Waals surface area contributed by atoms with Gasteiger partial charge in [-0.05, 0) is 42.7 Å². The summed E-state index contributed by atoms with van der Waals surface area (Å²) in [4.78, 5) is 19.3. The first-order valence-corrected chi connectivity index (χ1v) is 13.5. The number of rotatable bonds is 11. The maximum Gasteiger partial charge on any atom is 0.254 e. The molecule has 0 aliphatic carbocycles. The summed E-state index contributed by atoms with van der Waals surface area (Å²) in [6.45, 7) is 1.62. The van der Waals surface area contributed by atoms with E-state index in [1.54, 1.807) is 33.7 Å². The van der Waals surface area contributed by atoms with Crippen molar-refractivity contribution in [1.29, 1.82) is 0 Å². The summed E-state index contributed by atoms with van der Waals surface area (Å²) in [5.74, 6) is -0.910. The molecule has 1 aliphatic rings. The normalized spacial score (nSPS) is 15.8. The Labute approximate surface area is 210 Å². The quantitative estimate of drug-likeness (QED) is 0.389. The molecule has 36 heavy (non-hydrogen) atoms. The largest absolute Gasteiger partial charge is 0.383 e. The fourth-order valence-corrected chi connectivity index (χ4v) is 5.79. The summed E-state index contributed by atoms with van der Waals surface area (Å²) in [6, 6.07) is 14.3. The van der Waals surface area contributed by atoms with Gasteiger partial charge in [0.15, 0.2) is 0 Å². The fraction of sp³-hybridized carbons (Fsp3) is 0.385. The van der Waals surface area contributed by atoms with Crippen LogP contribution in [0.1, 0.15) is 34.5 Å². The second-order valence-corrected chi connectivity index (χ2v) is 10.6. The average Bonchev–Trinajstić information content (AvgIpc) is 3.53. The Balaban J connectivity index is 1.64. The van der Waals surface area contributed by atoms with Gasteiger partial charge >= 0.3 is 0 Å². The van der Waals surface area contributed by atoms with E-state index in [2.05, 4.69) is 4.98 Å². The SMILES string of the molecule is COCCn1c(CN(CC2CCCO2)C(=O)c2ccc(F)cc2)cnc1S(=O)(=O)Cc1ccccc1. The Bertz CT molecular complexity index is 1260. The number of carbonyl (C=O) groups is 1. The highest BCUT2D eigenvalue weighted by molar-refractivity contribution is 7.90. The number of methoxy groups -OCH3 is 1. The summed E-state index contributed by atoms with van der Waals surface area (Å²) in [5.41, 5.74) is 1.56. The first-order valence-electron chi connectivity index (χ1n) is 11.8. The van der Waals surface area contributed by atoms with E-state index >= 15 is 0 Å². The molecule has 2 heterocycles. The highest BCUT2D eigenvalue weighted by Crippen LogP contribution is 2.21. The van der Waals surface area contributed by atoms with Gasteiger partial charge in [0.05, 0.1) is 36.9 Å². The topological polar surface area (TPSA) is 90.7 Å². The van der Waals surface area contributed by atoms with Crippen molar-refractivity contribution in [3.05, 3.63) is 83.4 Å². The third-order valence-corrected chi connectivity index (χ3v) is 7.67. The van der Waals surface area contributed by atoms with E-state index in [4.69, 9.17) is 9.47 Å². The number of imidazole rings is 1. The fourth-order valence-electron chi connectivity index (χ4n) is 4.27. The molecule has 0 spiro atoms. The van der Waals surface area contributed by atoms with Crippen molar-refractivity contribution in [2.45, 2.75) is 42.9 Å². The second kappa shape index (κ2) is 11.8. The lowest BCUT2D eigenvalue weighted by atomic mass is 10.1. The highest BCUT2D eigenvalue weighted by Gasteiger charge is 2.28. The number of benzene rings is 2. The van der Waals surface area contributed by atoms with Crippen molar-refractivity contribution in [2.24, 2.45) is 0 Å². The highest BCUT2D eigenvalue weighted by atomic mass is 32.2. The number of aromatic nitrogens is 2. The minimum atomic E-state index is -3.76. The monoisotopic (exact) mass is 515 g/mol. The van der Waals surface area contributed by atoms with E-state index in [9.17, 15) is 17.6 Å². The number of ether oxygens (including phenoxy) is 2. The molecular weight excluding hydrogens is 485 g/mol. The molecule has 192 valence electrons. The maximum atomic E-state index is 13.4. The zero-order valence-corrected chi connectivity index (χ0v) is 21.0. The van der Waals surface area contributed by atoms with Crippen LogP contribution in [0.15, 0.2) is 66.0 Å².